The highest BCUT2D eigenvalue weighted by Gasteiger charge is 2.11. The van der Waals surface area contributed by atoms with Gasteiger partial charge in [-0.3, -0.25) is 19.3 Å². The first-order valence-electron chi connectivity index (χ1n) is 7.55. The van der Waals surface area contributed by atoms with Gasteiger partial charge in [-0.25, -0.2) is 0 Å². The average molecular weight is 356 g/mol. The number of aliphatic hydroxyl groups excluding tert-OH is 1. The molecule has 0 saturated heterocycles. The van der Waals surface area contributed by atoms with Crippen LogP contribution >= 0.6 is 0 Å². The Labute approximate surface area is 145 Å². The van der Waals surface area contributed by atoms with Crippen LogP contribution in [0.4, 0.5) is 0 Å². The monoisotopic (exact) mass is 356 g/mol. The molecule has 25 heavy (non-hydrogen) atoms. The Bertz CT molecular complexity index is 537. The molecule has 0 aliphatic heterocycles. The van der Waals surface area contributed by atoms with Crippen LogP contribution in [0.3, 0.4) is 0 Å². The first-order valence-corrected chi connectivity index (χ1v) is 7.55. The molecule has 1 atom stereocenters. The molecule has 1 aromatic rings. The summed E-state index contributed by atoms with van der Waals surface area (Å²) in [6.07, 6.45) is 0.676. The summed E-state index contributed by atoms with van der Waals surface area (Å²) in [4.78, 5) is 32.5. The van der Waals surface area contributed by atoms with E-state index < -0.39 is 30.6 Å². The van der Waals surface area contributed by atoms with Crippen LogP contribution in [0.15, 0.2) is 30.3 Å². The van der Waals surface area contributed by atoms with E-state index in [0.717, 1.165) is 5.56 Å². The fourth-order valence-corrected chi connectivity index (χ4v) is 1.72. The van der Waals surface area contributed by atoms with Gasteiger partial charge in [0.15, 0.2) is 0 Å². The van der Waals surface area contributed by atoms with Crippen molar-refractivity contribution in [1.29, 1.82) is 0 Å². The van der Waals surface area contributed by atoms with E-state index in [1.807, 2.05) is 30.3 Å². The summed E-state index contributed by atoms with van der Waals surface area (Å²) in [5.74, 6) is -3.03. The minimum Gasteiger partial charge on any atom is -0.481 e. The second-order valence-electron chi connectivity index (χ2n) is 5.18. The Hall–Kier alpha value is -2.49. The van der Waals surface area contributed by atoms with Gasteiger partial charge in [0.1, 0.15) is 6.04 Å². The molecule has 0 spiro atoms. The Morgan fingerprint density at radius 3 is 2.00 bits per heavy atom. The first kappa shape index (κ1) is 22.5. The van der Waals surface area contributed by atoms with Gasteiger partial charge in [0, 0.05) is 13.1 Å². The van der Waals surface area contributed by atoms with Gasteiger partial charge in [-0.2, -0.15) is 0 Å². The van der Waals surface area contributed by atoms with Gasteiger partial charge in [0.25, 0.3) is 0 Å². The van der Waals surface area contributed by atoms with E-state index in [4.69, 9.17) is 26.2 Å². The topological polar surface area (TPSA) is 161 Å². The van der Waals surface area contributed by atoms with E-state index in [-0.39, 0.29) is 19.5 Å². The molecular weight excluding hydrogens is 332 g/mol. The summed E-state index contributed by atoms with van der Waals surface area (Å²) < 4.78 is 0. The molecule has 9 nitrogen and oxygen atoms in total. The van der Waals surface area contributed by atoms with E-state index in [1.165, 1.54) is 0 Å². The van der Waals surface area contributed by atoms with Crippen LogP contribution in [0.25, 0.3) is 0 Å². The third-order valence-corrected chi connectivity index (χ3v) is 3.07. The molecule has 1 aromatic carbocycles. The Morgan fingerprint density at radius 1 is 1.00 bits per heavy atom. The van der Waals surface area contributed by atoms with Gasteiger partial charge >= 0.3 is 17.9 Å². The second-order valence-corrected chi connectivity index (χ2v) is 5.18. The lowest BCUT2D eigenvalue weighted by Crippen LogP contribution is -2.33. The fraction of sp³-hybridized carbons (Fsp3) is 0.438. The predicted octanol–water partition coefficient (Wildman–Crippen LogP) is -0.519. The zero-order valence-corrected chi connectivity index (χ0v) is 13.7. The minimum absolute atomic E-state index is 0.0396. The molecule has 0 aliphatic carbocycles. The molecule has 0 aliphatic rings. The van der Waals surface area contributed by atoms with E-state index in [9.17, 15) is 14.4 Å². The Kier molecular flexibility index (Phi) is 11.6. The lowest BCUT2D eigenvalue weighted by atomic mass is 10.1. The van der Waals surface area contributed by atoms with Crippen molar-refractivity contribution in [2.45, 2.75) is 18.9 Å². The molecule has 140 valence electrons. The number of carboxylic acids is 3. The highest BCUT2D eigenvalue weighted by Crippen LogP contribution is 2.02. The molecule has 0 radical (unpaired) electrons. The molecule has 6 N–H and O–H groups in total. The number of aliphatic carboxylic acids is 3. The summed E-state index contributed by atoms with van der Waals surface area (Å²) in [5.41, 5.74) is 5.88. The summed E-state index contributed by atoms with van der Waals surface area (Å²) in [6, 6.07) is 8.58. The van der Waals surface area contributed by atoms with Gasteiger partial charge in [0.05, 0.1) is 19.6 Å². The van der Waals surface area contributed by atoms with Crippen molar-refractivity contribution in [1.82, 2.24) is 4.90 Å². The van der Waals surface area contributed by atoms with Crippen molar-refractivity contribution in [3.8, 4) is 0 Å². The number of nitrogens with two attached hydrogens (primary N) is 1. The van der Waals surface area contributed by atoms with E-state index >= 15 is 0 Å². The van der Waals surface area contributed by atoms with Gasteiger partial charge in [-0.1, -0.05) is 30.3 Å². The van der Waals surface area contributed by atoms with Crippen molar-refractivity contribution in [3.63, 3.8) is 0 Å². The summed E-state index contributed by atoms with van der Waals surface area (Å²) in [7, 11) is 0. The molecule has 0 saturated carbocycles. The van der Waals surface area contributed by atoms with Crippen molar-refractivity contribution in [2.75, 3.05) is 26.2 Å². The van der Waals surface area contributed by atoms with Gasteiger partial charge in [0.2, 0.25) is 0 Å². The Balaban J connectivity index is 0.000000697. The van der Waals surface area contributed by atoms with Crippen LogP contribution in [0.5, 0.6) is 0 Å². The zero-order valence-electron chi connectivity index (χ0n) is 13.7. The van der Waals surface area contributed by atoms with Crippen molar-refractivity contribution < 1.29 is 34.8 Å². The number of nitrogens with zero attached hydrogens (tertiary/aromatic N) is 1. The van der Waals surface area contributed by atoms with Crippen molar-refractivity contribution in [2.24, 2.45) is 5.73 Å². The molecule has 0 fully saturated rings. The van der Waals surface area contributed by atoms with Crippen LogP contribution in [-0.4, -0.2) is 75.5 Å². The maximum Gasteiger partial charge on any atom is 0.322 e. The summed E-state index contributed by atoms with van der Waals surface area (Å²) >= 11 is 0. The number of benzene rings is 1. The van der Waals surface area contributed by atoms with Crippen LogP contribution in [0.1, 0.15) is 12.0 Å². The van der Waals surface area contributed by atoms with Gasteiger partial charge in [-0.15, -0.1) is 0 Å². The number of carbonyl (C=O) groups is 3. The van der Waals surface area contributed by atoms with E-state index in [0.29, 0.717) is 13.0 Å². The smallest absolute Gasteiger partial charge is 0.322 e. The number of hydrogen-bond acceptors (Lipinski definition) is 6. The number of hydrogen-bond donors (Lipinski definition) is 5. The molecule has 1 rings (SSSR count). The standard InChI is InChI=1S/C13H17NO4.C3H7NO3/c15-12(16)7-9-14(10-13(17)18)8-6-11-4-2-1-3-5-11;4-2(1-5)3(6)7/h1-5H,6-10H2,(H,15,16)(H,17,18);2,5H,1,4H2,(H,6,7)/t;2-/m.1/s1. The zero-order chi connectivity index (χ0) is 19.2. The first-order chi connectivity index (χ1) is 11.8. The van der Waals surface area contributed by atoms with Crippen LogP contribution < -0.4 is 5.73 Å². The Morgan fingerprint density at radius 2 is 1.60 bits per heavy atom. The summed E-state index contributed by atoms with van der Waals surface area (Å²) in [5, 5.41) is 33.3. The van der Waals surface area contributed by atoms with E-state index in [1.54, 1.807) is 4.90 Å². The minimum atomic E-state index is -1.18. The molecular formula is C16H24N2O7. The maximum absolute atomic E-state index is 10.7. The number of aliphatic hydroxyl groups is 1. The van der Waals surface area contributed by atoms with Gasteiger partial charge in [-0.05, 0) is 12.0 Å². The largest absolute Gasteiger partial charge is 0.481 e. The lowest BCUT2D eigenvalue weighted by Gasteiger charge is -2.19. The fourth-order valence-electron chi connectivity index (χ4n) is 1.72. The predicted molar refractivity (Wildman–Crippen MR) is 89.2 cm³/mol. The SMILES string of the molecule is N[C@H](CO)C(=O)O.O=C(O)CCN(CCc1ccccc1)CC(=O)O. The highest BCUT2D eigenvalue weighted by molar-refractivity contribution is 5.73. The molecule has 0 heterocycles. The third kappa shape index (κ3) is 12.6. The maximum atomic E-state index is 10.7. The highest BCUT2D eigenvalue weighted by atomic mass is 16.4. The quantitative estimate of drug-likeness (QED) is 0.371. The number of carboxylic acid groups (broad SMARTS) is 3. The van der Waals surface area contributed by atoms with Gasteiger partial charge < -0.3 is 26.2 Å². The molecule has 0 aromatic heterocycles. The van der Waals surface area contributed by atoms with Crippen LogP contribution in [0, 0.1) is 0 Å². The molecule has 9 heteroatoms. The van der Waals surface area contributed by atoms with Crippen molar-refractivity contribution in [3.05, 3.63) is 35.9 Å². The normalized spacial score (nSPS) is 11.3. The molecule has 0 bridgehead atoms. The molecule has 0 unspecified atom stereocenters. The van der Waals surface area contributed by atoms with Crippen LogP contribution in [-0.2, 0) is 20.8 Å². The van der Waals surface area contributed by atoms with E-state index in [2.05, 4.69) is 0 Å². The lowest BCUT2D eigenvalue weighted by molar-refractivity contribution is -0.141. The summed E-state index contributed by atoms with van der Waals surface area (Å²) in [6.45, 7) is 0.174. The average Bonchev–Trinajstić information content (AvgIpc) is 2.57. The molecule has 0 amide bonds. The van der Waals surface area contributed by atoms with Crippen LogP contribution in [0.2, 0.25) is 0 Å². The van der Waals surface area contributed by atoms with Crippen molar-refractivity contribution >= 4 is 17.9 Å². The second kappa shape index (κ2) is 12.9. The number of rotatable bonds is 10. The third-order valence-electron chi connectivity index (χ3n) is 3.07.